The first-order chi connectivity index (χ1) is 9.60. The van der Waals surface area contributed by atoms with Crippen LogP contribution in [-0.2, 0) is 6.42 Å². The number of benzene rings is 1. The Kier molecular flexibility index (Phi) is 4.90. The van der Waals surface area contributed by atoms with Gasteiger partial charge in [-0.2, -0.15) is 0 Å². The highest BCUT2D eigenvalue weighted by Crippen LogP contribution is 2.23. The number of hydrogen-bond donors (Lipinski definition) is 1. The van der Waals surface area contributed by atoms with Gasteiger partial charge in [-0.1, -0.05) is 6.92 Å². The summed E-state index contributed by atoms with van der Waals surface area (Å²) in [6.07, 6.45) is 3.11. The van der Waals surface area contributed by atoms with Crippen LogP contribution in [0.3, 0.4) is 0 Å². The van der Waals surface area contributed by atoms with E-state index in [-0.39, 0.29) is 6.04 Å². The summed E-state index contributed by atoms with van der Waals surface area (Å²) in [5.74, 6) is -0.279. The zero-order valence-electron chi connectivity index (χ0n) is 11.7. The van der Waals surface area contributed by atoms with Crippen molar-refractivity contribution < 1.29 is 13.2 Å². The van der Waals surface area contributed by atoms with Gasteiger partial charge < -0.3 is 9.73 Å². The fraction of sp³-hybridized carbons (Fsp3) is 0.375. The van der Waals surface area contributed by atoms with Crippen LogP contribution in [0, 0.1) is 18.6 Å². The molecule has 1 N–H and O–H groups in total. The van der Waals surface area contributed by atoms with Crippen LogP contribution in [0.4, 0.5) is 8.78 Å². The maximum absolute atomic E-state index is 13.3. The molecule has 0 bridgehead atoms. The van der Waals surface area contributed by atoms with Gasteiger partial charge in [-0.3, -0.25) is 0 Å². The van der Waals surface area contributed by atoms with Gasteiger partial charge in [0.15, 0.2) is 0 Å². The quantitative estimate of drug-likeness (QED) is 0.859. The van der Waals surface area contributed by atoms with E-state index in [0.29, 0.717) is 12.0 Å². The van der Waals surface area contributed by atoms with Gasteiger partial charge in [0, 0.05) is 6.07 Å². The standard InChI is InChI=1S/C16H19F2NO/c1-3-5-19-15(16-11(2)4-6-20-16)9-12-7-13(17)10-14(18)8-12/h4,6-8,10,15,19H,3,5,9H2,1-2H3. The first-order valence-electron chi connectivity index (χ1n) is 6.82. The van der Waals surface area contributed by atoms with E-state index >= 15 is 0 Å². The van der Waals surface area contributed by atoms with E-state index in [2.05, 4.69) is 12.2 Å². The molecule has 20 heavy (non-hydrogen) atoms. The third-order valence-corrected chi connectivity index (χ3v) is 3.22. The first kappa shape index (κ1) is 14.7. The molecule has 2 rings (SSSR count). The van der Waals surface area contributed by atoms with Crippen molar-refractivity contribution in [1.82, 2.24) is 5.32 Å². The Labute approximate surface area is 117 Å². The maximum Gasteiger partial charge on any atom is 0.126 e. The van der Waals surface area contributed by atoms with Gasteiger partial charge in [-0.05, 0) is 55.6 Å². The van der Waals surface area contributed by atoms with Crippen molar-refractivity contribution in [3.8, 4) is 0 Å². The van der Waals surface area contributed by atoms with Gasteiger partial charge in [0.2, 0.25) is 0 Å². The number of rotatable bonds is 6. The van der Waals surface area contributed by atoms with Crippen molar-refractivity contribution >= 4 is 0 Å². The van der Waals surface area contributed by atoms with Crippen molar-refractivity contribution in [2.45, 2.75) is 32.7 Å². The SMILES string of the molecule is CCCNC(Cc1cc(F)cc(F)c1)c1occc1C. The molecule has 1 heterocycles. The summed E-state index contributed by atoms with van der Waals surface area (Å²) in [6.45, 7) is 4.86. The average Bonchev–Trinajstić information content (AvgIpc) is 2.79. The molecule has 2 nitrogen and oxygen atoms in total. The van der Waals surface area contributed by atoms with Crippen molar-refractivity contribution in [3.05, 3.63) is 59.1 Å². The van der Waals surface area contributed by atoms with E-state index < -0.39 is 11.6 Å². The summed E-state index contributed by atoms with van der Waals surface area (Å²) in [7, 11) is 0. The van der Waals surface area contributed by atoms with Crippen LogP contribution in [0.1, 0.15) is 36.3 Å². The van der Waals surface area contributed by atoms with E-state index in [1.165, 1.54) is 12.1 Å². The van der Waals surface area contributed by atoms with Crippen molar-refractivity contribution in [2.75, 3.05) is 6.54 Å². The molecule has 2 aromatic rings. The van der Waals surface area contributed by atoms with E-state index in [4.69, 9.17) is 4.42 Å². The summed E-state index contributed by atoms with van der Waals surface area (Å²) >= 11 is 0. The van der Waals surface area contributed by atoms with Crippen LogP contribution in [0.2, 0.25) is 0 Å². The van der Waals surface area contributed by atoms with Crippen molar-refractivity contribution in [1.29, 1.82) is 0 Å². The van der Waals surface area contributed by atoms with Gasteiger partial charge in [0.25, 0.3) is 0 Å². The van der Waals surface area contributed by atoms with Gasteiger partial charge >= 0.3 is 0 Å². The number of hydrogen-bond acceptors (Lipinski definition) is 2. The molecule has 0 aliphatic heterocycles. The summed E-state index contributed by atoms with van der Waals surface area (Å²) < 4.78 is 32.0. The summed E-state index contributed by atoms with van der Waals surface area (Å²) in [5, 5.41) is 3.36. The highest BCUT2D eigenvalue weighted by atomic mass is 19.1. The predicted molar refractivity (Wildman–Crippen MR) is 74.5 cm³/mol. The van der Waals surface area contributed by atoms with Crippen molar-refractivity contribution in [2.24, 2.45) is 0 Å². The molecular formula is C16H19F2NO. The molecule has 1 aromatic carbocycles. The summed E-state index contributed by atoms with van der Waals surface area (Å²) in [4.78, 5) is 0. The monoisotopic (exact) mass is 279 g/mol. The molecule has 0 amide bonds. The molecule has 0 aliphatic rings. The largest absolute Gasteiger partial charge is 0.467 e. The molecule has 1 unspecified atom stereocenters. The van der Waals surface area contributed by atoms with Crippen LogP contribution >= 0.6 is 0 Å². The molecule has 4 heteroatoms. The van der Waals surface area contributed by atoms with Crippen LogP contribution in [0.5, 0.6) is 0 Å². The highest BCUT2D eigenvalue weighted by Gasteiger charge is 2.17. The van der Waals surface area contributed by atoms with E-state index in [1.807, 2.05) is 13.0 Å². The van der Waals surface area contributed by atoms with Crippen LogP contribution in [-0.4, -0.2) is 6.54 Å². The fourth-order valence-corrected chi connectivity index (χ4v) is 2.28. The lowest BCUT2D eigenvalue weighted by atomic mass is 10.0. The third kappa shape index (κ3) is 3.67. The molecule has 0 fully saturated rings. The van der Waals surface area contributed by atoms with E-state index in [9.17, 15) is 8.78 Å². The molecule has 0 aliphatic carbocycles. The Morgan fingerprint density at radius 3 is 2.45 bits per heavy atom. The molecule has 0 radical (unpaired) electrons. The molecule has 0 saturated carbocycles. The molecule has 1 aromatic heterocycles. The smallest absolute Gasteiger partial charge is 0.126 e. The number of aryl methyl sites for hydroxylation is 1. The van der Waals surface area contributed by atoms with Gasteiger partial charge in [-0.15, -0.1) is 0 Å². The molecule has 0 spiro atoms. The molecule has 0 saturated heterocycles. The van der Waals surface area contributed by atoms with Crippen LogP contribution < -0.4 is 5.32 Å². The van der Waals surface area contributed by atoms with Gasteiger partial charge in [0.1, 0.15) is 17.4 Å². The Hall–Kier alpha value is -1.68. The maximum atomic E-state index is 13.3. The second-order valence-electron chi connectivity index (χ2n) is 4.96. The normalized spacial score (nSPS) is 12.6. The zero-order valence-corrected chi connectivity index (χ0v) is 11.7. The lowest BCUT2D eigenvalue weighted by molar-refractivity contribution is 0.407. The Balaban J connectivity index is 2.21. The fourth-order valence-electron chi connectivity index (χ4n) is 2.28. The van der Waals surface area contributed by atoms with Gasteiger partial charge in [0.05, 0.1) is 12.3 Å². The minimum absolute atomic E-state index is 0.0776. The van der Waals surface area contributed by atoms with Crippen LogP contribution in [0.25, 0.3) is 0 Å². The van der Waals surface area contributed by atoms with E-state index in [1.54, 1.807) is 6.26 Å². The van der Waals surface area contributed by atoms with Crippen LogP contribution in [0.15, 0.2) is 34.9 Å². The predicted octanol–water partition coefficient (Wildman–Crippen LogP) is 4.15. The number of furan rings is 1. The van der Waals surface area contributed by atoms with Crippen molar-refractivity contribution in [3.63, 3.8) is 0 Å². The zero-order chi connectivity index (χ0) is 14.5. The topological polar surface area (TPSA) is 25.2 Å². The number of nitrogens with one attached hydrogen (secondary N) is 1. The summed E-state index contributed by atoms with van der Waals surface area (Å²) in [6, 6.07) is 5.42. The third-order valence-electron chi connectivity index (χ3n) is 3.22. The second-order valence-corrected chi connectivity index (χ2v) is 4.96. The van der Waals surface area contributed by atoms with Gasteiger partial charge in [-0.25, -0.2) is 8.78 Å². The highest BCUT2D eigenvalue weighted by molar-refractivity contribution is 5.24. The number of halogens is 2. The molecule has 108 valence electrons. The lowest BCUT2D eigenvalue weighted by Crippen LogP contribution is -2.24. The minimum Gasteiger partial charge on any atom is -0.467 e. The second kappa shape index (κ2) is 6.66. The minimum atomic E-state index is -0.551. The molecule has 1 atom stereocenters. The summed E-state index contributed by atoms with van der Waals surface area (Å²) in [5.41, 5.74) is 1.65. The Bertz CT molecular complexity index is 545. The first-order valence-corrected chi connectivity index (χ1v) is 6.82. The molecular weight excluding hydrogens is 260 g/mol. The van der Waals surface area contributed by atoms with E-state index in [0.717, 1.165) is 30.4 Å². The lowest BCUT2D eigenvalue weighted by Gasteiger charge is -2.17. The average molecular weight is 279 g/mol. The Morgan fingerprint density at radius 2 is 1.90 bits per heavy atom. The Morgan fingerprint density at radius 1 is 1.20 bits per heavy atom.